The fourth-order valence-corrected chi connectivity index (χ4v) is 4.13. The number of rotatable bonds is 12. The van der Waals surface area contributed by atoms with Crippen LogP contribution in [0.1, 0.15) is 30.7 Å². The molecule has 1 aromatic heterocycles. The molecule has 0 aliphatic rings. The summed E-state index contributed by atoms with van der Waals surface area (Å²) in [6.07, 6.45) is 6.91. The molecule has 35 heavy (non-hydrogen) atoms. The normalized spacial score (nSPS) is 11.2. The predicted octanol–water partition coefficient (Wildman–Crippen LogP) is 6.31. The van der Waals surface area contributed by atoms with Crippen molar-refractivity contribution in [3.05, 3.63) is 101 Å². The molecule has 1 N–H and O–H groups in total. The molecule has 4 rings (SSSR count). The van der Waals surface area contributed by atoms with Crippen LogP contribution >= 0.6 is 11.6 Å². The number of ether oxygens (including phenoxy) is 1. The minimum absolute atomic E-state index is 0.0825. The molecule has 0 radical (unpaired) electrons. The van der Waals surface area contributed by atoms with E-state index in [1.54, 1.807) is 6.08 Å². The number of imidazole rings is 1. The average Bonchev–Trinajstić information content (AvgIpc) is 3.24. The number of nitrogens with one attached hydrogen (secondary N) is 1. The Bertz CT molecular complexity index is 1270. The lowest BCUT2D eigenvalue weighted by molar-refractivity contribution is -0.116. The van der Waals surface area contributed by atoms with Gasteiger partial charge in [0.05, 0.1) is 22.7 Å². The van der Waals surface area contributed by atoms with Crippen molar-refractivity contribution < 1.29 is 9.53 Å². The van der Waals surface area contributed by atoms with Gasteiger partial charge >= 0.3 is 0 Å². The summed E-state index contributed by atoms with van der Waals surface area (Å²) < 4.78 is 8.11. The van der Waals surface area contributed by atoms with Crippen LogP contribution in [0.25, 0.3) is 17.1 Å². The summed E-state index contributed by atoms with van der Waals surface area (Å²) in [5, 5.41) is 3.60. The van der Waals surface area contributed by atoms with E-state index in [1.807, 2.05) is 78.9 Å². The highest BCUT2D eigenvalue weighted by Crippen LogP contribution is 2.23. The summed E-state index contributed by atoms with van der Waals surface area (Å²) in [7, 11) is 0. The molecule has 1 heterocycles. The van der Waals surface area contributed by atoms with Crippen molar-refractivity contribution in [2.24, 2.45) is 0 Å². The van der Waals surface area contributed by atoms with Crippen LogP contribution in [0.4, 0.5) is 0 Å². The van der Waals surface area contributed by atoms with E-state index in [4.69, 9.17) is 21.3 Å². The van der Waals surface area contributed by atoms with E-state index >= 15 is 0 Å². The van der Waals surface area contributed by atoms with Crippen LogP contribution in [0.15, 0.2) is 84.9 Å². The summed E-state index contributed by atoms with van der Waals surface area (Å²) in [5.74, 6) is 1.69. The van der Waals surface area contributed by atoms with Gasteiger partial charge in [-0.05, 0) is 55.2 Å². The van der Waals surface area contributed by atoms with E-state index in [0.717, 1.165) is 60.4 Å². The maximum Gasteiger partial charge on any atom is 0.243 e. The first-order chi connectivity index (χ1) is 17.2. The van der Waals surface area contributed by atoms with Gasteiger partial charge in [-0.3, -0.25) is 4.79 Å². The molecule has 0 spiro atoms. The number of halogens is 1. The highest BCUT2D eigenvalue weighted by atomic mass is 35.5. The average molecular weight is 488 g/mol. The Morgan fingerprint density at radius 3 is 2.57 bits per heavy atom. The van der Waals surface area contributed by atoms with E-state index in [1.165, 1.54) is 0 Å². The number of unbranched alkanes of at least 4 members (excludes halogenated alkanes) is 1. The van der Waals surface area contributed by atoms with Crippen molar-refractivity contribution in [1.82, 2.24) is 14.9 Å². The zero-order valence-electron chi connectivity index (χ0n) is 19.7. The first-order valence-electron chi connectivity index (χ1n) is 12.0. The largest absolute Gasteiger partial charge is 0.492 e. The van der Waals surface area contributed by atoms with Crippen LogP contribution in [0, 0.1) is 0 Å². The third kappa shape index (κ3) is 7.20. The standard InChI is InChI=1S/C29H30ClN3O2/c30-24-13-4-7-16-27(24)35-22-9-8-21-33-26-15-6-5-14-25(26)32-28(33)17-10-20-31-29(34)19-18-23-11-2-1-3-12-23/h1-7,11-16,18-19H,8-10,17,20-22H2,(H,31,34)/b19-18+. The minimum atomic E-state index is -0.0825. The maximum atomic E-state index is 12.1. The lowest BCUT2D eigenvalue weighted by Gasteiger charge is -2.11. The second-order valence-electron chi connectivity index (χ2n) is 8.29. The summed E-state index contributed by atoms with van der Waals surface area (Å²) in [6.45, 7) is 2.09. The molecular weight excluding hydrogens is 458 g/mol. The summed E-state index contributed by atoms with van der Waals surface area (Å²) in [5.41, 5.74) is 3.16. The first-order valence-corrected chi connectivity index (χ1v) is 12.4. The molecule has 180 valence electrons. The Hall–Kier alpha value is -3.57. The number of nitrogens with zero attached hydrogens (tertiary/aromatic N) is 2. The molecule has 0 fully saturated rings. The Morgan fingerprint density at radius 2 is 1.71 bits per heavy atom. The van der Waals surface area contributed by atoms with Gasteiger partial charge in [0.1, 0.15) is 11.6 Å². The van der Waals surface area contributed by atoms with Gasteiger partial charge in [0.2, 0.25) is 5.91 Å². The van der Waals surface area contributed by atoms with Crippen LogP contribution < -0.4 is 10.1 Å². The van der Waals surface area contributed by atoms with Gasteiger partial charge < -0.3 is 14.6 Å². The van der Waals surface area contributed by atoms with E-state index in [-0.39, 0.29) is 5.91 Å². The third-order valence-electron chi connectivity index (χ3n) is 5.71. The number of aromatic nitrogens is 2. The molecule has 0 saturated carbocycles. The SMILES string of the molecule is O=C(/C=C/c1ccccc1)NCCCc1nc2ccccc2n1CCCCOc1ccccc1Cl. The van der Waals surface area contributed by atoms with Gasteiger partial charge in [-0.15, -0.1) is 0 Å². The zero-order chi connectivity index (χ0) is 24.3. The van der Waals surface area contributed by atoms with Crippen LogP contribution in [-0.2, 0) is 17.8 Å². The van der Waals surface area contributed by atoms with Gasteiger partial charge in [0.15, 0.2) is 0 Å². The molecule has 0 atom stereocenters. The fourth-order valence-electron chi connectivity index (χ4n) is 3.93. The molecule has 0 bridgehead atoms. The van der Waals surface area contributed by atoms with Gasteiger partial charge in [-0.2, -0.15) is 0 Å². The topological polar surface area (TPSA) is 56.2 Å². The number of carbonyl (C=O) groups is 1. The van der Waals surface area contributed by atoms with Crippen molar-refractivity contribution in [2.75, 3.05) is 13.2 Å². The zero-order valence-corrected chi connectivity index (χ0v) is 20.5. The second-order valence-corrected chi connectivity index (χ2v) is 8.70. The van der Waals surface area contributed by atoms with Gasteiger partial charge in [-0.1, -0.05) is 66.2 Å². The van der Waals surface area contributed by atoms with Crippen molar-refractivity contribution in [2.45, 2.75) is 32.2 Å². The smallest absolute Gasteiger partial charge is 0.243 e. The first kappa shape index (κ1) is 24.6. The summed E-state index contributed by atoms with van der Waals surface area (Å²) in [6, 6.07) is 25.6. The number of benzene rings is 3. The molecule has 0 unspecified atom stereocenters. The number of para-hydroxylation sites is 3. The lowest BCUT2D eigenvalue weighted by atomic mass is 10.2. The predicted molar refractivity (Wildman–Crippen MR) is 143 cm³/mol. The van der Waals surface area contributed by atoms with Gasteiger partial charge in [-0.25, -0.2) is 4.98 Å². The molecule has 6 heteroatoms. The molecule has 1 amide bonds. The number of carbonyl (C=O) groups excluding carboxylic acids is 1. The number of hydrogen-bond donors (Lipinski definition) is 1. The number of amides is 1. The van der Waals surface area contributed by atoms with Crippen LogP contribution in [0.2, 0.25) is 5.02 Å². The van der Waals surface area contributed by atoms with E-state index in [0.29, 0.717) is 18.2 Å². The molecule has 0 aliphatic carbocycles. The lowest BCUT2D eigenvalue weighted by Crippen LogP contribution is -2.22. The Kier molecular flexibility index (Phi) is 8.96. The van der Waals surface area contributed by atoms with Crippen LogP contribution in [-0.4, -0.2) is 28.6 Å². The molecule has 0 aliphatic heterocycles. The molecule has 5 nitrogen and oxygen atoms in total. The fraction of sp³-hybridized carbons (Fsp3) is 0.241. The highest BCUT2D eigenvalue weighted by Gasteiger charge is 2.10. The van der Waals surface area contributed by atoms with Crippen molar-refractivity contribution in [3.8, 4) is 5.75 Å². The number of aryl methyl sites for hydroxylation is 2. The highest BCUT2D eigenvalue weighted by molar-refractivity contribution is 6.32. The van der Waals surface area contributed by atoms with Crippen molar-refractivity contribution in [3.63, 3.8) is 0 Å². The van der Waals surface area contributed by atoms with E-state index in [9.17, 15) is 4.79 Å². The quantitative estimate of drug-likeness (QED) is 0.188. The van der Waals surface area contributed by atoms with E-state index < -0.39 is 0 Å². The Balaban J connectivity index is 1.26. The Labute approximate surface area is 211 Å². The van der Waals surface area contributed by atoms with Crippen molar-refractivity contribution >= 4 is 34.6 Å². The van der Waals surface area contributed by atoms with E-state index in [2.05, 4.69) is 16.0 Å². The molecular formula is C29H30ClN3O2. The third-order valence-corrected chi connectivity index (χ3v) is 6.02. The van der Waals surface area contributed by atoms with Crippen molar-refractivity contribution in [1.29, 1.82) is 0 Å². The number of fused-ring (bicyclic) bond motifs is 1. The monoisotopic (exact) mass is 487 g/mol. The minimum Gasteiger partial charge on any atom is -0.492 e. The van der Waals surface area contributed by atoms with Gasteiger partial charge in [0, 0.05) is 25.6 Å². The number of hydrogen-bond acceptors (Lipinski definition) is 3. The summed E-state index contributed by atoms with van der Waals surface area (Å²) >= 11 is 6.16. The van der Waals surface area contributed by atoms with Gasteiger partial charge in [0.25, 0.3) is 0 Å². The van der Waals surface area contributed by atoms with Crippen LogP contribution in [0.3, 0.4) is 0 Å². The Morgan fingerprint density at radius 1 is 0.943 bits per heavy atom. The van der Waals surface area contributed by atoms with Crippen LogP contribution in [0.5, 0.6) is 5.75 Å². The molecule has 4 aromatic rings. The maximum absolute atomic E-state index is 12.1. The second kappa shape index (κ2) is 12.8. The molecule has 3 aromatic carbocycles. The molecule has 0 saturated heterocycles. The summed E-state index contributed by atoms with van der Waals surface area (Å²) in [4.78, 5) is 17.0.